The highest BCUT2D eigenvalue weighted by Gasteiger charge is 2.27. The predicted octanol–water partition coefficient (Wildman–Crippen LogP) is 1.54. The second-order valence-corrected chi connectivity index (χ2v) is 4.80. The summed E-state index contributed by atoms with van der Waals surface area (Å²) in [6.07, 6.45) is 0.350. The second kappa shape index (κ2) is 4.80. The number of hydrogen-bond acceptors (Lipinski definition) is 2. The van der Waals surface area contributed by atoms with E-state index < -0.39 is 6.04 Å². The van der Waals surface area contributed by atoms with Gasteiger partial charge in [-0.2, -0.15) is 0 Å². The summed E-state index contributed by atoms with van der Waals surface area (Å²) in [6.45, 7) is 6.22. The molecule has 18 heavy (non-hydrogen) atoms. The van der Waals surface area contributed by atoms with Crippen LogP contribution in [0.5, 0.6) is 0 Å². The van der Waals surface area contributed by atoms with Gasteiger partial charge in [0.25, 0.3) is 0 Å². The molecule has 2 amide bonds. The Kier molecular flexibility index (Phi) is 3.36. The van der Waals surface area contributed by atoms with Crippen molar-refractivity contribution in [2.75, 3.05) is 11.4 Å². The van der Waals surface area contributed by atoms with Gasteiger partial charge in [0.2, 0.25) is 11.8 Å². The van der Waals surface area contributed by atoms with Gasteiger partial charge in [0.05, 0.1) is 0 Å². The van der Waals surface area contributed by atoms with Crippen molar-refractivity contribution in [1.29, 1.82) is 0 Å². The molecule has 96 valence electrons. The zero-order chi connectivity index (χ0) is 13.3. The van der Waals surface area contributed by atoms with Gasteiger partial charge in [-0.1, -0.05) is 6.07 Å². The maximum atomic E-state index is 12.2. The lowest BCUT2D eigenvalue weighted by Gasteiger charge is -2.23. The molecule has 1 aliphatic rings. The minimum Gasteiger partial charge on any atom is -0.345 e. The number of amides is 2. The molecule has 0 spiro atoms. The first-order valence-corrected chi connectivity index (χ1v) is 6.17. The van der Waals surface area contributed by atoms with Crippen molar-refractivity contribution in [1.82, 2.24) is 5.32 Å². The number of rotatable bonds is 1. The number of carbonyl (C=O) groups excluding carboxylic acids is 2. The van der Waals surface area contributed by atoms with Gasteiger partial charge < -0.3 is 10.2 Å². The average molecular weight is 246 g/mol. The first-order chi connectivity index (χ1) is 8.49. The minimum atomic E-state index is -0.457. The summed E-state index contributed by atoms with van der Waals surface area (Å²) in [5, 5.41) is 2.69. The van der Waals surface area contributed by atoms with E-state index >= 15 is 0 Å². The van der Waals surface area contributed by atoms with Crippen LogP contribution in [0, 0.1) is 13.8 Å². The molecular weight excluding hydrogens is 228 g/mol. The van der Waals surface area contributed by atoms with Crippen LogP contribution < -0.4 is 10.2 Å². The van der Waals surface area contributed by atoms with Crippen molar-refractivity contribution in [2.24, 2.45) is 0 Å². The highest BCUT2D eigenvalue weighted by Crippen LogP contribution is 2.21. The third-order valence-corrected chi connectivity index (χ3v) is 3.38. The zero-order valence-electron chi connectivity index (χ0n) is 11.0. The number of anilines is 1. The third-order valence-electron chi connectivity index (χ3n) is 3.38. The molecule has 1 aromatic rings. The largest absolute Gasteiger partial charge is 0.345 e. The lowest BCUT2D eigenvalue weighted by molar-refractivity contribution is -0.125. The predicted molar refractivity (Wildman–Crippen MR) is 70.5 cm³/mol. The quantitative estimate of drug-likeness (QED) is 0.817. The fourth-order valence-electron chi connectivity index (χ4n) is 2.08. The number of benzene rings is 1. The Balaban J connectivity index is 2.33. The SMILES string of the molecule is Cc1ccc(N2CCC(=O)NC(C)C2=O)cc1C. The molecule has 0 aromatic heterocycles. The second-order valence-electron chi connectivity index (χ2n) is 4.80. The Bertz CT molecular complexity index is 497. The van der Waals surface area contributed by atoms with Crippen LogP contribution in [0.3, 0.4) is 0 Å². The monoisotopic (exact) mass is 246 g/mol. The summed E-state index contributed by atoms with van der Waals surface area (Å²) in [5.41, 5.74) is 3.21. The van der Waals surface area contributed by atoms with E-state index in [9.17, 15) is 9.59 Å². The first-order valence-electron chi connectivity index (χ1n) is 6.17. The lowest BCUT2D eigenvalue weighted by atomic mass is 10.1. The highest BCUT2D eigenvalue weighted by atomic mass is 16.2. The Morgan fingerprint density at radius 1 is 1.22 bits per heavy atom. The molecule has 1 N–H and O–H groups in total. The zero-order valence-corrected chi connectivity index (χ0v) is 11.0. The van der Waals surface area contributed by atoms with E-state index in [1.54, 1.807) is 11.8 Å². The van der Waals surface area contributed by atoms with Gasteiger partial charge in [0.15, 0.2) is 0 Å². The molecule has 1 aromatic carbocycles. The van der Waals surface area contributed by atoms with Crippen molar-refractivity contribution >= 4 is 17.5 Å². The van der Waals surface area contributed by atoms with E-state index in [2.05, 4.69) is 5.32 Å². The molecular formula is C14H18N2O2. The van der Waals surface area contributed by atoms with E-state index in [0.717, 1.165) is 11.3 Å². The summed E-state index contributed by atoms with van der Waals surface area (Å²) >= 11 is 0. The van der Waals surface area contributed by atoms with Crippen molar-refractivity contribution in [3.63, 3.8) is 0 Å². The Labute approximate surface area is 107 Å². The molecule has 1 atom stereocenters. The van der Waals surface area contributed by atoms with Crippen LogP contribution in [0.2, 0.25) is 0 Å². The van der Waals surface area contributed by atoms with Crippen molar-refractivity contribution in [3.8, 4) is 0 Å². The molecule has 2 rings (SSSR count). The van der Waals surface area contributed by atoms with Gasteiger partial charge in [-0.05, 0) is 44.0 Å². The van der Waals surface area contributed by atoms with Crippen LogP contribution in [0.1, 0.15) is 24.5 Å². The minimum absolute atomic E-state index is 0.0518. The molecule has 0 bridgehead atoms. The van der Waals surface area contributed by atoms with E-state index in [1.165, 1.54) is 5.56 Å². The van der Waals surface area contributed by atoms with Crippen LogP contribution >= 0.6 is 0 Å². The maximum Gasteiger partial charge on any atom is 0.249 e. The van der Waals surface area contributed by atoms with Gasteiger partial charge in [-0.3, -0.25) is 9.59 Å². The van der Waals surface area contributed by atoms with Crippen molar-refractivity contribution in [2.45, 2.75) is 33.2 Å². The Morgan fingerprint density at radius 2 is 1.94 bits per heavy atom. The fourth-order valence-corrected chi connectivity index (χ4v) is 2.08. The normalized spacial score (nSPS) is 20.6. The van der Waals surface area contributed by atoms with E-state index in [0.29, 0.717) is 13.0 Å². The molecule has 0 aliphatic carbocycles. The first kappa shape index (κ1) is 12.6. The van der Waals surface area contributed by atoms with Crippen LogP contribution in [0.15, 0.2) is 18.2 Å². The molecule has 1 unspecified atom stereocenters. The summed E-state index contributed by atoms with van der Waals surface area (Å²) in [7, 11) is 0. The molecule has 0 radical (unpaired) electrons. The van der Waals surface area contributed by atoms with E-state index in [4.69, 9.17) is 0 Å². The summed E-state index contributed by atoms with van der Waals surface area (Å²) < 4.78 is 0. The standard InChI is InChI=1S/C14H18N2O2/c1-9-4-5-12(8-10(9)2)16-7-6-13(17)15-11(3)14(16)18/h4-5,8,11H,6-7H2,1-3H3,(H,15,17). The van der Waals surface area contributed by atoms with E-state index in [-0.39, 0.29) is 11.8 Å². The van der Waals surface area contributed by atoms with Crippen LogP contribution in [0.4, 0.5) is 5.69 Å². The highest BCUT2D eigenvalue weighted by molar-refractivity contribution is 6.01. The Hall–Kier alpha value is -1.84. The number of carbonyl (C=O) groups is 2. The third kappa shape index (κ3) is 2.37. The van der Waals surface area contributed by atoms with Gasteiger partial charge in [0.1, 0.15) is 6.04 Å². The number of aryl methyl sites for hydroxylation is 2. The van der Waals surface area contributed by atoms with Crippen LogP contribution in [0.25, 0.3) is 0 Å². The molecule has 0 saturated carbocycles. The summed E-state index contributed by atoms with van der Waals surface area (Å²) in [6, 6.07) is 5.47. The molecule has 4 nitrogen and oxygen atoms in total. The topological polar surface area (TPSA) is 49.4 Å². The number of nitrogens with one attached hydrogen (secondary N) is 1. The van der Waals surface area contributed by atoms with Crippen molar-refractivity contribution in [3.05, 3.63) is 29.3 Å². The van der Waals surface area contributed by atoms with E-state index in [1.807, 2.05) is 32.0 Å². The van der Waals surface area contributed by atoms with Gasteiger partial charge in [0, 0.05) is 18.7 Å². The average Bonchev–Trinajstić information content (AvgIpc) is 2.44. The summed E-state index contributed by atoms with van der Waals surface area (Å²) in [5.74, 6) is -0.119. The smallest absolute Gasteiger partial charge is 0.249 e. The van der Waals surface area contributed by atoms with Crippen LogP contribution in [-0.4, -0.2) is 24.4 Å². The van der Waals surface area contributed by atoms with Gasteiger partial charge in [-0.25, -0.2) is 0 Å². The fraction of sp³-hybridized carbons (Fsp3) is 0.429. The molecule has 1 saturated heterocycles. The maximum absolute atomic E-state index is 12.2. The molecule has 1 fully saturated rings. The van der Waals surface area contributed by atoms with Gasteiger partial charge >= 0.3 is 0 Å². The number of hydrogen-bond donors (Lipinski definition) is 1. The van der Waals surface area contributed by atoms with Crippen LogP contribution in [-0.2, 0) is 9.59 Å². The van der Waals surface area contributed by atoms with Crippen molar-refractivity contribution < 1.29 is 9.59 Å². The molecule has 1 aliphatic heterocycles. The van der Waals surface area contributed by atoms with Gasteiger partial charge in [-0.15, -0.1) is 0 Å². The lowest BCUT2D eigenvalue weighted by Crippen LogP contribution is -2.42. The summed E-state index contributed by atoms with van der Waals surface area (Å²) in [4.78, 5) is 25.3. The number of nitrogens with zero attached hydrogens (tertiary/aromatic N) is 1. The molecule has 1 heterocycles. The molecule has 4 heteroatoms. The Morgan fingerprint density at radius 3 is 2.61 bits per heavy atom.